The molecule has 5 heteroatoms. The summed E-state index contributed by atoms with van der Waals surface area (Å²) in [7, 11) is 0. The molecular formula is C55H33BN2O2. The summed E-state index contributed by atoms with van der Waals surface area (Å²) in [5.74, 6) is 0. The summed E-state index contributed by atoms with van der Waals surface area (Å²) in [6.45, 7) is 4.69. The van der Waals surface area contributed by atoms with Crippen LogP contribution in [0.5, 0.6) is 0 Å². The van der Waals surface area contributed by atoms with Gasteiger partial charge in [-0.2, -0.15) is 0 Å². The van der Waals surface area contributed by atoms with Crippen LogP contribution >= 0.6 is 0 Å². The number of hydrogen-bond donors (Lipinski definition) is 0. The first kappa shape index (κ1) is 31.5. The van der Waals surface area contributed by atoms with E-state index in [0.29, 0.717) is 0 Å². The van der Waals surface area contributed by atoms with Gasteiger partial charge in [-0.3, -0.25) is 0 Å². The zero-order valence-corrected chi connectivity index (χ0v) is 32.9. The maximum absolute atomic E-state index is 6.76. The number of aromatic nitrogens is 1. The number of para-hydroxylation sites is 3. The minimum Gasteiger partial charge on any atom is -0.456 e. The highest BCUT2D eigenvalue weighted by atomic mass is 16.3. The van der Waals surface area contributed by atoms with Gasteiger partial charge in [0.2, 0.25) is 0 Å². The molecule has 15 rings (SSSR count). The van der Waals surface area contributed by atoms with Crippen LogP contribution in [0.1, 0.15) is 25.0 Å². The van der Waals surface area contributed by atoms with Crippen molar-refractivity contribution in [2.45, 2.75) is 19.3 Å². The van der Waals surface area contributed by atoms with Gasteiger partial charge < -0.3 is 18.2 Å². The molecule has 2 aliphatic heterocycles. The van der Waals surface area contributed by atoms with Crippen LogP contribution in [-0.2, 0) is 5.41 Å². The molecule has 0 atom stereocenters. The Kier molecular flexibility index (Phi) is 5.55. The predicted molar refractivity (Wildman–Crippen MR) is 250 cm³/mol. The number of rotatable bonds is 1. The molecule has 0 bridgehead atoms. The first-order valence-corrected chi connectivity index (χ1v) is 20.9. The molecule has 0 unspecified atom stereocenters. The van der Waals surface area contributed by atoms with Crippen molar-refractivity contribution in [3.05, 3.63) is 175 Å². The van der Waals surface area contributed by atoms with Crippen LogP contribution in [0.3, 0.4) is 0 Å². The van der Waals surface area contributed by atoms with Crippen LogP contribution in [0.15, 0.2) is 173 Å². The van der Waals surface area contributed by atoms with Gasteiger partial charge in [0.1, 0.15) is 22.3 Å². The lowest BCUT2D eigenvalue weighted by Crippen LogP contribution is -2.57. The molecule has 0 spiro atoms. The lowest BCUT2D eigenvalue weighted by atomic mass is 9.44. The Hall–Kier alpha value is -7.50. The minimum atomic E-state index is -0.218. The van der Waals surface area contributed by atoms with Gasteiger partial charge in [0.15, 0.2) is 0 Å². The molecule has 0 N–H and O–H groups in total. The SMILES string of the molecule is CC1(C)c2ccccc2-c2c1cc1c3c2N(c2ccc4oc5ccccc5c4c2)c2cc4c(cc2B3n2c3cc5ccccc5cc3c3cccc-1c32)oc1ccccc14. The zero-order chi connectivity index (χ0) is 39.2. The van der Waals surface area contributed by atoms with Gasteiger partial charge in [-0.1, -0.05) is 117 Å². The fraction of sp³-hybridized carbons (Fsp3) is 0.0545. The summed E-state index contributed by atoms with van der Waals surface area (Å²) in [6.07, 6.45) is 0. The van der Waals surface area contributed by atoms with Crippen molar-refractivity contribution in [2.75, 3.05) is 4.90 Å². The molecule has 0 saturated heterocycles. The van der Waals surface area contributed by atoms with Gasteiger partial charge in [-0.15, -0.1) is 0 Å². The molecule has 60 heavy (non-hydrogen) atoms. The second-order valence-corrected chi connectivity index (χ2v) is 17.6. The highest BCUT2D eigenvalue weighted by Gasteiger charge is 2.48. The molecule has 0 saturated carbocycles. The van der Waals surface area contributed by atoms with E-state index in [0.717, 1.165) is 55.3 Å². The second-order valence-electron chi connectivity index (χ2n) is 17.6. The summed E-state index contributed by atoms with van der Waals surface area (Å²) in [5.41, 5.74) is 19.9. The Bertz CT molecular complexity index is 3960. The minimum absolute atomic E-state index is 0.130. The number of hydrogen-bond acceptors (Lipinski definition) is 3. The Morgan fingerprint density at radius 1 is 0.483 bits per heavy atom. The molecule has 9 aromatic carbocycles. The summed E-state index contributed by atoms with van der Waals surface area (Å²) in [5, 5.41) is 9.54. The van der Waals surface area contributed by atoms with Gasteiger partial charge in [0, 0.05) is 71.3 Å². The molecule has 3 aromatic heterocycles. The number of fused-ring (bicyclic) bond motifs is 18. The van der Waals surface area contributed by atoms with Crippen molar-refractivity contribution >= 4 is 111 Å². The van der Waals surface area contributed by atoms with Crippen molar-refractivity contribution in [2.24, 2.45) is 0 Å². The quantitative estimate of drug-likeness (QED) is 0.156. The largest absolute Gasteiger partial charge is 0.456 e. The van der Waals surface area contributed by atoms with E-state index >= 15 is 0 Å². The van der Waals surface area contributed by atoms with E-state index in [1.54, 1.807) is 0 Å². The molecule has 4 nitrogen and oxygen atoms in total. The summed E-state index contributed by atoms with van der Waals surface area (Å²) < 4.78 is 15.9. The molecule has 278 valence electrons. The van der Waals surface area contributed by atoms with Crippen molar-refractivity contribution in [1.82, 2.24) is 4.48 Å². The Labute approximate surface area is 344 Å². The highest BCUT2D eigenvalue weighted by Crippen LogP contribution is 2.57. The smallest absolute Gasteiger partial charge is 0.333 e. The summed E-state index contributed by atoms with van der Waals surface area (Å²) in [6, 6.07) is 60.7. The number of benzene rings is 9. The van der Waals surface area contributed by atoms with Gasteiger partial charge in [-0.05, 0) is 105 Å². The lowest BCUT2D eigenvalue weighted by molar-refractivity contribution is 0.660. The Balaban J connectivity index is 1.17. The lowest BCUT2D eigenvalue weighted by Gasteiger charge is -2.42. The monoisotopic (exact) mass is 764 g/mol. The first-order chi connectivity index (χ1) is 29.5. The third-order valence-corrected chi connectivity index (χ3v) is 14.3. The van der Waals surface area contributed by atoms with Crippen molar-refractivity contribution in [1.29, 1.82) is 0 Å². The molecule has 1 aliphatic carbocycles. The van der Waals surface area contributed by atoms with Crippen LogP contribution < -0.4 is 15.8 Å². The van der Waals surface area contributed by atoms with Crippen LogP contribution in [-0.4, -0.2) is 11.3 Å². The van der Waals surface area contributed by atoms with E-state index in [1.807, 2.05) is 0 Å². The normalized spacial score (nSPS) is 14.6. The van der Waals surface area contributed by atoms with E-state index in [9.17, 15) is 0 Å². The zero-order valence-electron chi connectivity index (χ0n) is 32.9. The van der Waals surface area contributed by atoms with Crippen LogP contribution in [0.4, 0.5) is 17.1 Å². The van der Waals surface area contributed by atoms with Gasteiger partial charge >= 0.3 is 6.85 Å². The molecule has 5 heterocycles. The third kappa shape index (κ3) is 3.68. The standard InChI is InChI=1S/C55H33BN2O2/c1-55(2)42-19-8-5-16-37(42)51-43(55)27-41-36-18-11-17-35-38-24-30-12-3-4-13-31(30)25-45(38)58(53(35)36)56-44-29-50-40(34-15-7-10-21-48(34)60-50)28-46(44)57(54(51)52(41)56)32-22-23-49-39(26-32)33-14-6-9-20-47(33)59-49/h3-29H,1-2H3. The molecule has 3 aliphatic rings. The molecule has 0 fully saturated rings. The number of nitrogens with zero attached hydrogens (tertiary/aromatic N) is 2. The van der Waals surface area contributed by atoms with Gasteiger partial charge in [0.05, 0.1) is 5.69 Å². The number of anilines is 3. The van der Waals surface area contributed by atoms with Crippen LogP contribution in [0.2, 0.25) is 0 Å². The van der Waals surface area contributed by atoms with E-state index in [1.165, 1.54) is 82.6 Å². The van der Waals surface area contributed by atoms with E-state index in [2.05, 4.69) is 187 Å². The van der Waals surface area contributed by atoms with Crippen molar-refractivity contribution in [3.8, 4) is 22.3 Å². The Morgan fingerprint density at radius 2 is 1.15 bits per heavy atom. The topological polar surface area (TPSA) is 34.5 Å². The van der Waals surface area contributed by atoms with Crippen molar-refractivity contribution in [3.63, 3.8) is 0 Å². The molecule has 12 aromatic rings. The fourth-order valence-corrected chi connectivity index (χ4v) is 11.7. The van der Waals surface area contributed by atoms with E-state index < -0.39 is 0 Å². The van der Waals surface area contributed by atoms with Gasteiger partial charge in [0.25, 0.3) is 0 Å². The van der Waals surface area contributed by atoms with Gasteiger partial charge in [-0.25, -0.2) is 0 Å². The average Bonchev–Trinajstić information content (AvgIpc) is 4.00. The molecule has 0 amide bonds. The van der Waals surface area contributed by atoms with E-state index in [-0.39, 0.29) is 12.3 Å². The van der Waals surface area contributed by atoms with Crippen molar-refractivity contribution < 1.29 is 8.83 Å². The third-order valence-electron chi connectivity index (χ3n) is 14.3. The fourth-order valence-electron chi connectivity index (χ4n) is 11.7. The maximum atomic E-state index is 6.76. The van der Waals surface area contributed by atoms with Crippen LogP contribution in [0, 0.1) is 0 Å². The predicted octanol–water partition coefficient (Wildman–Crippen LogP) is 13.5. The summed E-state index contributed by atoms with van der Waals surface area (Å²) in [4.78, 5) is 2.59. The molecule has 0 radical (unpaired) electrons. The highest BCUT2D eigenvalue weighted by molar-refractivity contribution is 6.90. The molecular weight excluding hydrogens is 731 g/mol. The maximum Gasteiger partial charge on any atom is 0.333 e. The summed E-state index contributed by atoms with van der Waals surface area (Å²) >= 11 is 0. The Morgan fingerprint density at radius 3 is 1.98 bits per heavy atom. The second kappa shape index (κ2) is 10.6. The first-order valence-electron chi connectivity index (χ1n) is 20.9. The number of furan rings is 2. The average molecular weight is 765 g/mol. The van der Waals surface area contributed by atoms with Crippen LogP contribution in [0.25, 0.3) is 98.7 Å². The van der Waals surface area contributed by atoms with E-state index in [4.69, 9.17) is 8.83 Å².